The summed E-state index contributed by atoms with van der Waals surface area (Å²) >= 11 is 0. The van der Waals surface area contributed by atoms with Gasteiger partial charge in [-0.1, -0.05) is 19.8 Å². The molecule has 1 heterocycles. The molecule has 1 aliphatic rings. The number of carbonyl (C=O) groups is 3. The van der Waals surface area contributed by atoms with Gasteiger partial charge in [0.15, 0.2) is 0 Å². The Morgan fingerprint density at radius 3 is 2.75 bits per heavy atom. The quantitative estimate of drug-likeness (QED) is 0.663. The first-order valence-electron chi connectivity index (χ1n) is 6.97. The number of nitrogens with zero attached hydrogens (tertiary/aromatic N) is 1. The molecule has 1 unspecified atom stereocenters. The first kappa shape index (κ1) is 16.3. The molecule has 0 aromatic rings. The number of amides is 3. The number of unbranched alkanes of at least 4 members (excludes halogenated alkanes) is 1. The number of likely N-dealkylation sites (tertiary alicyclic amines) is 1. The van der Waals surface area contributed by atoms with Crippen LogP contribution < -0.4 is 10.6 Å². The number of nitrogens with one attached hydrogen (secondary N) is 2. The van der Waals surface area contributed by atoms with Gasteiger partial charge in [-0.25, -0.2) is 9.59 Å². The maximum Gasteiger partial charge on any atom is 0.326 e. The summed E-state index contributed by atoms with van der Waals surface area (Å²) in [4.78, 5) is 35.7. The van der Waals surface area contributed by atoms with Crippen LogP contribution in [0.25, 0.3) is 0 Å². The van der Waals surface area contributed by atoms with Gasteiger partial charge in [-0.05, 0) is 12.8 Å². The van der Waals surface area contributed by atoms with Crippen molar-refractivity contribution in [2.24, 2.45) is 0 Å². The highest BCUT2D eigenvalue weighted by Crippen LogP contribution is 2.09. The fourth-order valence-corrected chi connectivity index (χ4v) is 2.18. The van der Waals surface area contributed by atoms with Crippen LogP contribution in [-0.2, 0) is 9.59 Å². The molecule has 0 spiro atoms. The van der Waals surface area contributed by atoms with Gasteiger partial charge in [-0.15, -0.1) is 0 Å². The summed E-state index contributed by atoms with van der Waals surface area (Å²) in [5, 5.41) is 14.2. The molecule has 3 N–H and O–H groups in total. The summed E-state index contributed by atoms with van der Waals surface area (Å²) in [6, 6.07) is -1.47. The van der Waals surface area contributed by atoms with Gasteiger partial charge in [0, 0.05) is 26.1 Å². The van der Waals surface area contributed by atoms with Crippen molar-refractivity contribution < 1.29 is 19.5 Å². The van der Waals surface area contributed by atoms with Crippen LogP contribution in [0.5, 0.6) is 0 Å². The molecule has 1 fully saturated rings. The second kappa shape index (κ2) is 7.72. The van der Waals surface area contributed by atoms with E-state index in [0.29, 0.717) is 25.8 Å². The van der Waals surface area contributed by atoms with Gasteiger partial charge < -0.3 is 20.6 Å². The number of likely N-dealkylation sites (N-methyl/N-ethyl adjacent to an activating group) is 1. The van der Waals surface area contributed by atoms with Crippen molar-refractivity contribution in [3.05, 3.63) is 0 Å². The first-order chi connectivity index (χ1) is 9.43. The summed E-state index contributed by atoms with van der Waals surface area (Å²) in [7, 11) is 1.69. The van der Waals surface area contributed by atoms with Crippen molar-refractivity contribution in [1.82, 2.24) is 15.5 Å². The third-order valence-corrected chi connectivity index (χ3v) is 3.41. The lowest BCUT2D eigenvalue weighted by Crippen LogP contribution is -2.53. The van der Waals surface area contributed by atoms with Crippen LogP contribution in [0.4, 0.5) is 4.79 Å². The van der Waals surface area contributed by atoms with Crippen molar-refractivity contribution in [3.8, 4) is 0 Å². The van der Waals surface area contributed by atoms with Crippen molar-refractivity contribution in [2.45, 2.75) is 51.1 Å². The molecule has 0 saturated carbocycles. The standard InChI is InChI=1S/C13H23N3O4/c1-3-4-5-10(12(18)19)15-13(20)14-9-6-7-11(17)16(2)8-9/h9-10H,3-8H2,1-2H3,(H,18,19)(H2,14,15,20)/t9?,10-/m0/s1. The van der Waals surface area contributed by atoms with Crippen molar-refractivity contribution in [3.63, 3.8) is 0 Å². The number of carbonyl (C=O) groups excluding carboxylic acids is 2. The second-order valence-corrected chi connectivity index (χ2v) is 5.16. The molecule has 0 bridgehead atoms. The molecule has 7 nitrogen and oxygen atoms in total. The zero-order valence-electron chi connectivity index (χ0n) is 12.0. The van der Waals surface area contributed by atoms with Gasteiger partial charge in [-0.2, -0.15) is 0 Å². The fourth-order valence-electron chi connectivity index (χ4n) is 2.18. The van der Waals surface area contributed by atoms with E-state index >= 15 is 0 Å². The van der Waals surface area contributed by atoms with Crippen LogP contribution in [0.2, 0.25) is 0 Å². The second-order valence-electron chi connectivity index (χ2n) is 5.16. The molecule has 2 atom stereocenters. The number of carboxylic acids is 1. The Morgan fingerprint density at radius 1 is 1.50 bits per heavy atom. The molecule has 1 aliphatic heterocycles. The van der Waals surface area contributed by atoms with E-state index in [1.807, 2.05) is 6.92 Å². The number of hydrogen-bond donors (Lipinski definition) is 3. The van der Waals surface area contributed by atoms with Gasteiger partial charge in [0.1, 0.15) is 6.04 Å². The predicted molar refractivity (Wildman–Crippen MR) is 73.3 cm³/mol. The molecule has 114 valence electrons. The Bertz CT molecular complexity index is 373. The molecular formula is C13H23N3O4. The van der Waals surface area contributed by atoms with Crippen molar-refractivity contribution >= 4 is 17.9 Å². The Hall–Kier alpha value is -1.79. The fraction of sp³-hybridized carbons (Fsp3) is 0.769. The van der Waals surface area contributed by atoms with Gasteiger partial charge >= 0.3 is 12.0 Å². The monoisotopic (exact) mass is 285 g/mol. The molecule has 1 rings (SSSR count). The van der Waals surface area contributed by atoms with Gasteiger partial charge in [0.2, 0.25) is 5.91 Å². The molecule has 1 saturated heterocycles. The molecule has 20 heavy (non-hydrogen) atoms. The average molecular weight is 285 g/mol. The highest BCUT2D eigenvalue weighted by atomic mass is 16.4. The Kier molecular flexibility index (Phi) is 6.27. The highest BCUT2D eigenvalue weighted by Gasteiger charge is 2.25. The number of aliphatic carboxylic acids is 1. The van der Waals surface area contributed by atoms with Crippen LogP contribution >= 0.6 is 0 Å². The molecule has 0 aromatic carbocycles. The van der Waals surface area contributed by atoms with Gasteiger partial charge in [0.05, 0.1) is 0 Å². The van der Waals surface area contributed by atoms with Crippen molar-refractivity contribution in [2.75, 3.05) is 13.6 Å². The minimum atomic E-state index is -1.02. The maximum atomic E-state index is 11.8. The lowest BCUT2D eigenvalue weighted by Gasteiger charge is -2.30. The summed E-state index contributed by atoms with van der Waals surface area (Å²) < 4.78 is 0. The Morgan fingerprint density at radius 2 is 2.20 bits per heavy atom. The number of rotatable bonds is 6. The summed E-state index contributed by atoms with van der Waals surface area (Å²) in [5.74, 6) is -0.959. The van der Waals surface area contributed by atoms with E-state index < -0.39 is 18.0 Å². The molecule has 3 amide bonds. The zero-order chi connectivity index (χ0) is 15.1. The van der Waals surface area contributed by atoms with E-state index in [4.69, 9.17) is 5.11 Å². The van der Waals surface area contributed by atoms with Crippen LogP contribution in [0.3, 0.4) is 0 Å². The highest BCUT2D eigenvalue weighted by molar-refractivity contribution is 5.83. The summed E-state index contributed by atoms with van der Waals surface area (Å²) in [5.41, 5.74) is 0. The van der Waals surface area contributed by atoms with Crippen LogP contribution in [0, 0.1) is 0 Å². The predicted octanol–water partition coefficient (Wildman–Crippen LogP) is 0.550. The Labute approximate surface area is 118 Å². The smallest absolute Gasteiger partial charge is 0.326 e. The molecule has 0 aliphatic carbocycles. The topological polar surface area (TPSA) is 98.7 Å². The lowest BCUT2D eigenvalue weighted by molar-refractivity contribution is -0.139. The largest absolute Gasteiger partial charge is 0.480 e. The van der Waals surface area contributed by atoms with E-state index in [9.17, 15) is 14.4 Å². The van der Waals surface area contributed by atoms with E-state index in [0.717, 1.165) is 12.8 Å². The molecule has 0 aromatic heterocycles. The number of hydrogen-bond acceptors (Lipinski definition) is 3. The number of urea groups is 1. The van der Waals surface area contributed by atoms with E-state index in [2.05, 4.69) is 10.6 Å². The zero-order valence-corrected chi connectivity index (χ0v) is 12.0. The third kappa shape index (κ3) is 5.07. The normalized spacial score (nSPS) is 20.4. The minimum Gasteiger partial charge on any atom is -0.480 e. The number of piperidine rings is 1. The number of carboxylic acid groups (broad SMARTS) is 1. The van der Waals surface area contributed by atoms with Crippen LogP contribution in [0.15, 0.2) is 0 Å². The van der Waals surface area contributed by atoms with Crippen LogP contribution in [-0.4, -0.2) is 53.6 Å². The lowest BCUT2D eigenvalue weighted by atomic mass is 10.1. The van der Waals surface area contributed by atoms with E-state index in [1.54, 1.807) is 11.9 Å². The van der Waals surface area contributed by atoms with Gasteiger partial charge in [0.25, 0.3) is 0 Å². The Balaban J connectivity index is 2.41. The first-order valence-corrected chi connectivity index (χ1v) is 6.97. The van der Waals surface area contributed by atoms with Crippen LogP contribution in [0.1, 0.15) is 39.0 Å². The van der Waals surface area contributed by atoms with Gasteiger partial charge in [-0.3, -0.25) is 4.79 Å². The average Bonchev–Trinajstić information content (AvgIpc) is 2.38. The third-order valence-electron chi connectivity index (χ3n) is 3.41. The molecule has 7 heteroatoms. The summed E-state index contributed by atoms with van der Waals surface area (Å²) in [6.45, 7) is 2.42. The maximum absolute atomic E-state index is 11.8. The molecule has 0 radical (unpaired) electrons. The molecular weight excluding hydrogens is 262 g/mol. The van der Waals surface area contributed by atoms with Crippen molar-refractivity contribution in [1.29, 1.82) is 0 Å². The minimum absolute atomic E-state index is 0.0646. The van der Waals surface area contributed by atoms with E-state index in [-0.39, 0.29) is 11.9 Å². The summed E-state index contributed by atoms with van der Waals surface area (Å²) in [6.07, 6.45) is 3.03. The SMILES string of the molecule is CCCC[C@H](NC(=O)NC1CCC(=O)N(C)C1)C(=O)O. The van der Waals surface area contributed by atoms with E-state index in [1.165, 1.54) is 0 Å².